The van der Waals surface area contributed by atoms with E-state index in [1.54, 1.807) is 18.2 Å². The lowest BCUT2D eigenvalue weighted by molar-refractivity contribution is -0.114. The summed E-state index contributed by atoms with van der Waals surface area (Å²) in [6.45, 7) is 1.73. The predicted molar refractivity (Wildman–Crippen MR) is 61.7 cm³/mol. The third kappa shape index (κ3) is 3.62. The lowest BCUT2D eigenvalue weighted by Crippen LogP contribution is -2.06. The van der Waals surface area contributed by atoms with Gasteiger partial charge < -0.3 is 11.1 Å². The summed E-state index contributed by atoms with van der Waals surface area (Å²) in [5.74, 6) is 5.42. The summed E-state index contributed by atoms with van der Waals surface area (Å²) in [5, 5.41) is 3.11. The summed E-state index contributed by atoms with van der Waals surface area (Å²) < 4.78 is 0. The highest BCUT2D eigenvalue weighted by Crippen LogP contribution is 2.22. The van der Waals surface area contributed by atoms with Gasteiger partial charge in [-0.1, -0.05) is 23.4 Å². The smallest absolute Gasteiger partial charge is 0.221 e. The highest BCUT2D eigenvalue weighted by molar-refractivity contribution is 6.33. The van der Waals surface area contributed by atoms with Crippen molar-refractivity contribution in [2.45, 2.75) is 6.92 Å². The molecule has 1 rings (SSSR count). The van der Waals surface area contributed by atoms with Gasteiger partial charge in [-0.3, -0.25) is 4.79 Å². The number of amides is 1. The Hall–Kier alpha value is -1.50. The third-order valence-electron chi connectivity index (χ3n) is 1.61. The van der Waals surface area contributed by atoms with Crippen molar-refractivity contribution in [3.8, 4) is 11.8 Å². The van der Waals surface area contributed by atoms with Crippen molar-refractivity contribution in [2.24, 2.45) is 5.73 Å². The van der Waals surface area contributed by atoms with Crippen molar-refractivity contribution in [1.82, 2.24) is 0 Å². The minimum absolute atomic E-state index is 0.166. The fourth-order valence-corrected chi connectivity index (χ4v) is 1.21. The number of hydrogen-bond donors (Lipinski definition) is 2. The molecule has 0 aliphatic heterocycles. The number of carbonyl (C=O) groups excluding carboxylic acids is 1. The van der Waals surface area contributed by atoms with E-state index in [1.165, 1.54) is 6.92 Å². The molecule has 0 heterocycles. The van der Waals surface area contributed by atoms with Gasteiger partial charge in [0.25, 0.3) is 0 Å². The molecule has 4 heteroatoms. The number of nitrogens with two attached hydrogens (primary N) is 1. The molecule has 0 fully saturated rings. The summed E-state index contributed by atoms with van der Waals surface area (Å²) in [7, 11) is 0. The molecule has 78 valence electrons. The Labute approximate surface area is 93.6 Å². The number of carbonyl (C=O) groups is 1. The van der Waals surface area contributed by atoms with Gasteiger partial charge >= 0.3 is 0 Å². The zero-order valence-corrected chi connectivity index (χ0v) is 9.06. The molecule has 0 saturated carbocycles. The Morgan fingerprint density at radius 3 is 2.93 bits per heavy atom. The molecule has 0 atom stereocenters. The van der Waals surface area contributed by atoms with E-state index in [2.05, 4.69) is 17.2 Å². The van der Waals surface area contributed by atoms with Gasteiger partial charge in [0, 0.05) is 12.5 Å². The van der Waals surface area contributed by atoms with E-state index in [-0.39, 0.29) is 5.91 Å². The van der Waals surface area contributed by atoms with Gasteiger partial charge in [0.05, 0.1) is 17.3 Å². The molecule has 1 aromatic carbocycles. The van der Waals surface area contributed by atoms with Gasteiger partial charge in [0.15, 0.2) is 0 Å². The van der Waals surface area contributed by atoms with Crippen LogP contribution in [0.3, 0.4) is 0 Å². The number of hydrogen-bond acceptors (Lipinski definition) is 2. The maximum atomic E-state index is 10.9. The van der Waals surface area contributed by atoms with Crippen molar-refractivity contribution >= 4 is 23.2 Å². The van der Waals surface area contributed by atoms with Gasteiger partial charge in [-0.2, -0.15) is 0 Å². The van der Waals surface area contributed by atoms with Crippen molar-refractivity contribution in [3.63, 3.8) is 0 Å². The molecule has 3 N–H and O–H groups in total. The van der Waals surface area contributed by atoms with Crippen LogP contribution in [0, 0.1) is 11.8 Å². The highest BCUT2D eigenvalue weighted by Gasteiger charge is 2.02. The van der Waals surface area contributed by atoms with Crippen LogP contribution in [-0.4, -0.2) is 12.5 Å². The SMILES string of the molecule is CC(=O)Nc1cc(C#CCN)ccc1Cl. The summed E-state index contributed by atoms with van der Waals surface area (Å²) in [5.41, 5.74) is 6.59. The van der Waals surface area contributed by atoms with Crippen LogP contribution >= 0.6 is 11.6 Å². The molecule has 0 aromatic heterocycles. The quantitative estimate of drug-likeness (QED) is 0.710. The van der Waals surface area contributed by atoms with Crippen LogP contribution in [0.1, 0.15) is 12.5 Å². The lowest BCUT2D eigenvalue weighted by Gasteiger charge is -2.04. The van der Waals surface area contributed by atoms with Crippen molar-refractivity contribution in [2.75, 3.05) is 11.9 Å². The zero-order chi connectivity index (χ0) is 11.3. The highest BCUT2D eigenvalue weighted by atomic mass is 35.5. The van der Waals surface area contributed by atoms with Gasteiger partial charge in [-0.15, -0.1) is 0 Å². The normalized spacial score (nSPS) is 9.00. The molecule has 0 bridgehead atoms. The number of benzene rings is 1. The molecular weight excluding hydrogens is 212 g/mol. The molecule has 1 aromatic rings. The first-order valence-corrected chi connectivity index (χ1v) is 4.77. The number of halogens is 1. The van der Waals surface area contributed by atoms with Crippen LogP contribution in [0.15, 0.2) is 18.2 Å². The van der Waals surface area contributed by atoms with E-state index < -0.39 is 0 Å². The summed E-state index contributed by atoms with van der Waals surface area (Å²) in [6.07, 6.45) is 0. The zero-order valence-electron chi connectivity index (χ0n) is 8.30. The minimum Gasteiger partial charge on any atom is -0.325 e. The maximum Gasteiger partial charge on any atom is 0.221 e. The van der Waals surface area contributed by atoms with E-state index in [9.17, 15) is 4.79 Å². The van der Waals surface area contributed by atoms with E-state index in [0.717, 1.165) is 5.56 Å². The Morgan fingerprint density at radius 2 is 2.33 bits per heavy atom. The third-order valence-corrected chi connectivity index (χ3v) is 1.94. The molecule has 0 aliphatic rings. The van der Waals surface area contributed by atoms with Crippen LogP contribution in [0.25, 0.3) is 0 Å². The standard InChI is InChI=1S/C11H11ClN2O/c1-8(15)14-11-7-9(3-2-6-13)4-5-10(11)12/h4-5,7H,6,13H2,1H3,(H,14,15). The Balaban J connectivity index is 2.99. The number of anilines is 1. The lowest BCUT2D eigenvalue weighted by atomic mass is 10.2. The predicted octanol–water partition coefficient (Wildman–Crippen LogP) is 1.61. The van der Waals surface area contributed by atoms with Crippen LogP contribution in [0.5, 0.6) is 0 Å². The summed E-state index contributed by atoms with van der Waals surface area (Å²) in [6, 6.07) is 5.18. The molecule has 1 amide bonds. The fourth-order valence-electron chi connectivity index (χ4n) is 1.04. The summed E-state index contributed by atoms with van der Waals surface area (Å²) in [4.78, 5) is 10.9. The average molecular weight is 223 g/mol. The van der Waals surface area contributed by atoms with Crippen LogP contribution in [-0.2, 0) is 4.79 Å². The monoisotopic (exact) mass is 222 g/mol. The topological polar surface area (TPSA) is 55.1 Å². The van der Waals surface area contributed by atoms with Gasteiger partial charge in [0.2, 0.25) is 5.91 Å². The molecule has 0 saturated heterocycles. The number of nitrogens with one attached hydrogen (secondary N) is 1. The first-order chi connectivity index (χ1) is 7.13. The second-order valence-electron chi connectivity index (χ2n) is 2.88. The molecule has 0 unspecified atom stereocenters. The van der Waals surface area contributed by atoms with Crippen LogP contribution < -0.4 is 11.1 Å². The van der Waals surface area contributed by atoms with E-state index in [4.69, 9.17) is 17.3 Å². The molecule has 0 spiro atoms. The van der Waals surface area contributed by atoms with Gasteiger partial charge in [-0.25, -0.2) is 0 Å². The van der Waals surface area contributed by atoms with Crippen molar-refractivity contribution in [1.29, 1.82) is 0 Å². The molecule has 15 heavy (non-hydrogen) atoms. The number of rotatable bonds is 1. The van der Waals surface area contributed by atoms with Crippen LogP contribution in [0.2, 0.25) is 5.02 Å². The largest absolute Gasteiger partial charge is 0.325 e. The molecule has 0 aliphatic carbocycles. The maximum absolute atomic E-state index is 10.9. The van der Waals surface area contributed by atoms with E-state index in [0.29, 0.717) is 17.3 Å². The van der Waals surface area contributed by atoms with E-state index in [1.807, 2.05) is 0 Å². The second-order valence-corrected chi connectivity index (χ2v) is 3.29. The Morgan fingerprint density at radius 1 is 1.60 bits per heavy atom. The Kier molecular flexibility index (Phi) is 4.17. The van der Waals surface area contributed by atoms with Crippen molar-refractivity contribution < 1.29 is 4.79 Å². The van der Waals surface area contributed by atoms with Crippen LogP contribution in [0.4, 0.5) is 5.69 Å². The summed E-state index contributed by atoms with van der Waals surface area (Å²) >= 11 is 5.89. The fraction of sp³-hybridized carbons (Fsp3) is 0.182. The van der Waals surface area contributed by atoms with Crippen molar-refractivity contribution in [3.05, 3.63) is 28.8 Å². The minimum atomic E-state index is -0.166. The Bertz CT molecular complexity index is 432. The molecule has 3 nitrogen and oxygen atoms in total. The van der Waals surface area contributed by atoms with Gasteiger partial charge in [-0.05, 0) is 18.2 Å². The van der Waals surface area contributed by atoms with E-state index >= 15 is 0 Å². The first kappa shape index (κ1) is 11.6. The molecule has 0 radical (unpaired) electrons. The first-order valence-electron chi connectivity index (χ1n) is 4.39. The average Bonchev–Trinajstić information content (AvgIpc) is 2.18. The molecular formula is C11H11ClN2O. The second kappa shape index (κ2) is 5.40. The van der Waals surface area contributed by atoms with Gasteiger partial charge in [0.1, 0.15) is 0 Å².